The van der Waals surface area contributed by atoms with Crippen molar-refractivity contribution >= 4 is 9.84 Å². The standard InChI is InChI=1S/C18H28N4O3S/c1-12(2)10-17-20-16(21-25-17)11-26(23,24)18-19-13(3)14(4)22(18)15-8-6-5-7-9-15/h12,15H,5-11H2,1-4H3. The van der Waals surface area contributed by atoms with Crippen molar-refractivity contribution in [3.63, 3.8) is 0 Å². The molecule has 2 aromatic heterocycles. The van der Waals surface area contributed by atoms with Crippen molar-refractivity contribution in [3.05, 3.63) is 23.1 Å². The van der Waals surface area contributed by atoms with Gasteiger partial charge in [-0.25, -0.2) is 13.4 Å². The summed E-state index contributed by atoms with van der Waals surface area (Å²) in [7, 11) is -3.64. The van der Waals surface area contributed by atoms with Crippen LogP contribution in [0.2, 0.25) is 0 Å². The summed E-state index contributed by atoms with van der Waals surface area (Å²) in [4.78, 5) is 8.64. The van der Waals surface area contributed by atoms with Crippen LogP contribution in [0.15, 0.2) is 9.68 Å². The second kappa shape index (κ2) is 7.50. The minimum Gasteiger partial charge on any atom is -0.339 e. The number of rotatable bonds is 6. The van der Waals surface area contributed by atoms with E-state index in [-0.39, 0.29) is 22.8 Å². The first kappa shape index (κ1) is 19.1. The van der Waals surface area contributed by atoms with Crippen molar-refractivity contribution < 1.29 is 12.9 Å². The largest absolute Gasteiger partial charge is 0.339 e. The van der Waals surface area contributed by atoms with Crippen LogP contribution in [0, 0.1) is 19.8 Å². The highest BCUT2D eigenvalue weighted by Crippen LogP contribution is 2.33. The molecule has 0 N–H and O–H groups in total. The first-order chi connectivity index (χ1) is 12.3. The molecule has 0 amide bonds. The third-order valence-corrected chi connectivity index (χ3v) is 6.47. The molecule has 0 saturated heterocycles. The molecule has 8 heteroatoms. The van der Waals surface area contributed by atoms with Crippen molar-refractivity contribution in [1.29, 1.82) is 0 Å². The van der Waals surface area contributed by atoms with E-state index in [9.17, 15) is 8.42 Å². The quantitative estimate of drug-likeness (QED) is 0.761. The van der Waals surface area contributed by atoms with Gasteiger partial charge >= 0.3 is 0 Å². The molecule has 7 nitrogen and oxygen atoms in total. The molecule has 0 unspecified atom stereocenters. The van der Waals surface area contributed by atoms with Crippen LogP contribution < -0.4 is 0 Å². The second-order valence-corrected chi connectivity index (χ2v) is 9.57. The molecule has 0 radical (unpaired) electrons. The molecule has 3 rings (SSSR count). The van der Waals surface area contributed by atoms with Crippen LogP contribution in [-0.4, -0.2) is 28.1 Å². The van der Waals surface area contributed by atoms with Crippen LogP contribution in [0.25, 0.3) is 0 Å². The molecule has 1 aliphatic rings. The summed E-state index contributed by atoms with van der Waals surface area (Å²) in [6, 6.07) is 0.205. The molecule has 1 fully saturated rings. The molecule has 0 bridgehead atoms. The van der Waals surface area contributed by atoms with Gasteiger partial charge in [-0.2, -0.15) is 4.98 Å². The molecule has 0 aliphatic heterocycles. The summed E-state index contributed by atoms with van der Waals surface area (Å²) < 4.78 is 33.2. The zero-order chi connectivity index (χ0) is 18.9. The molecule has 144 valence electrons. The predicted molar refractivity (Wildman–Crippen MR) is 97.6 cm³/mol. The fraction of sp³-hybridized carbons (Fsp3) is 0.722. The number of hydrogen-bond acceptors (Lipinski definition) is 6. The number of nitrogens with zero attached hydrogens (tertiary/aromatic N) is 4. The van der Waals surface area contributed by atoms with E-state index in [2.05, 4.69) is 15.1 Å². The zero-order valence-corrected chi connectivity index (χ0v) is 16.8. The van der Waals surface area contributed by atoms with E-state index in [1.54, 1.807) is 0 Å². The lowest BCUT2D eigenvalue weighted by atomic mass is 9.95. The lowest BCUT2D eigenvalue weighted by Gasteiger charge is -2.25. The average Bonchev–Trinajstić information content (AvgIpc) is 3.12. The minimum absolute atomic E-state index is 0.148. The smallest absolute Gasteiger partial charge is 0.228 e. The van der Waals surface area contributed by atoms with Gasteiger partial charge in [0, 0.05) is 18.2 Å². The first-order valence-electron chi connectivity index (χ1n) is 9.37. The molecular weight excluding hydrogens is 352 g/mol. The summed E-state index contributed by atoms with van der Waals surface area (Å²) >= 11 is 0. The van der Waals surface area contributed by atoms with Crippen LogP contribution in [0.5, 0.6) is 0 Å². The van der Waals surface area contributed by atoms with Gasteiger partial charge in [-0.3, -0.25) is 0 Å². The van der Waals surface area contributed by atoms with Gasteiger partial charge < -0.3 is 9.09 Å². The molecule has 0 spiro atoms. The van der Waals surface area contributed by atoms with Crippen LogP contribution in [0.3, 0.4) is 0 Å². The molecule has 0 atom stereocenters. The Kier molecular flexibility index (Phi) is 5.50. The van der Waals surface area contributed by atoms with Crippen LogP contribution in [0.1, 0.15) is 75.1 Å². The van der Waals surface area contributed by atoms with Gasteiger partial charge in [-0.1, -0.05) is 38.3 Å². The van der Waals surface area contributed by atoms with E-state index in [0.29, 0.717) is 18.2 Å². The number of imidazole rings is 1. The van der Waals surface area contributed by atoms with Gasteiger partial charge in [0.05, 0.1) is 5.69 Å². The van der Waals surface area contributed by atoms with Gasteiger partial charge in [0.15, 0.2) is 5.82 Å². The Morgan fingerprint density at radius 2 is 1.85 bits per heavy atom. The third-order valence-electron chi connectivity index (χ3n) is 4.98. The summed E-state index contributed by atoms with van der Waals surface area (Å²) in [5.41, 5.74) is 1.70. The van der Waals surface area contributed by atoms with E-state index >= 15 is 0 Å². The monoisotopic (exact) mass is 380 g/mol. The Morgan fingerprint density at radius 1 is 1.15 bits per heavy atom. The molecule has 1 aliphatic carbocycles. The molecule has 26 heavy (non-hydrogen) atoms. The Hall–Kier alpha value is -1.70. The lowest BCUT2D eigenvalue weighted by Crippen LogP contribution is -2.20. The van der Waals surface area contributed by atoms with Gasteiger partial charge in [-0.15, -0.1) is 0 Å². The van der Waals surface area contributed by atoms with Crippen molar-refractivity contribution in [2.45, 2.75) is 83.2 Å². The maximum absolute atomic E-state index is 13.1. The molecule has 1 saturated carbocycles. The third kappa shape index (κ3) is 4.00. The molecule has 2 heterocycles. The zero-order valence-electron chi connectivity index (χ0n) is 16.0. The van der Waals surface area contributed by atoms with E-state index in [1.807, 2.05) is 32.3 Å². The highest BCUT2D eigenvalue weighted by Gasteiger charge is 2.30. The van der Waals surface area contributed by atoms with Crippen molar-refractivity contribution in [1.82, 2.24) is 19.7 Å². The van der Waals surface area contributed by atoms with E-state index in [1.165, 1.54) is 6.42 Å². The van der Waals surface area contributed by atoms with Crippen molar-refractivity contribution in [3.8, 4) is 0 Å². The van der Waals surface area contributed by atoms with Gasteiger partial charge in [0.25, 0.3) is 0 Å². The van der Waals surface area contributed by atoms with Crippen LogP contribution >= 0.6 is 0 Å². The van der Waals surface area contributed by atoms with Gasteiger partial charge in [-0.05, 0) is 32.6 Å². The van der Waals surface area contributed by atoms with Crippen molar-refractivity contribution in [2.75, 3.05) is 0 Å². The van der Waals surface area contributed by atoms with E-state index in [4.69, 9.17) is 4.52 Å². The van der Waals surface area contributed by atoms with Gasteiger partial charge in [0.2, 0.25) is 20.9 Å². The maximum Gasteiger partial charge on any atom is 0.228 e. The first-order valence-corrected chi connectivity index (χ1v) is 11.0. The Bertz CT molecular complexity index is 861. The Balaban J connectivity index is 1.89. The maximum atomic E-state index is 13.1. The molecule has 2 aromatic rings. The predicted octanol–water partition coefficient (Wildman–Crippen LogP) is 3.56. The number of aryl methyl sites for hydroxylation is 1. The second-order valence-electron chi connectivity index (χ2n) is 7.69. The summed E-state index contributed by atoms with van der Waals surface area (Å²) in [5.74, 6) is 0.773. The van der Waals surface area contributed by atoms with E-state index in [0.717, 1.165) is 37.1 Å². The Morgan fingerprint density at radius 3 is 2.50 bits per heavy atom. The number of hydrogen-bond donors (Lipinski definition) is 0. The summed E-state index contributed by atoms with van der Waals surface area (Å²) in [6.07, 6.45) is 6.11. The highest BCUT2D eigenvalue weighted by atomic mass is 32.2. The van der Waals surface area contributed by atoms with Crippen molar-refractivity contribution in [2.24, 2.45) is 5.92 Å². The van der Waals surface area contributed by atoms with Crippen LogP contribution in [-0.2, 0) is 22.0 Å². The number of aromatic nitrogens is 4. The minimum atomic E-state index is -3.64. The molecular formula is C18H28N4O3S. The van der Waals surface area contributed by atoms with Gasteiger partial charge in [0.1, 0.15) is 5.75 Å². The van der Waals surface area contributed by atoms with Crippen LogP contribution in [0.4, 0.5) is 0 Å². The SMILES string of the molecule is Cc1nc(S(=O)(=O)Cc2noc(CC(C)C)n2)n(C2CCCCC2)c1C. The summed E-state index contributed by atoms with van der Waals surface area (Å²) in [6.45, 7) is 7.91. The fourth-order valence-corrected chi connectivity index (χ4v) is 5.05. The summed E-state index contributed by atoms with van der Waals surface area (Å²) in [5, 5.41) is 4.00. The lowest BCUT2D eigenvalue weighted by molar-refractivity contribution is 0.329. The topological polar surface area (TPSA) is 90.9 Å². The van der Waals surface area contributed by atoms with E-state index < -0.39 is 9.84 Å². The highest BCUT2D eigenvalue weighted by molar-refractivity contribution is 7.90. The fourth-order valence-electron chi connectivity index (χ4n) is 3.60. The molecule has 0 aromatic carbocycles. The Labute approximate surface area is 155 Å². The number of sulfone groups is 1. The average molecular weight is 381 g/mol. The normalized spacial score (nSPS) is 16.5.